The molecule has 2 rings (SSSR count). The average molecular weight is 310 g/mol. The van der Waals surface area contributed by atoms with Crippen molar-refractivity contribution in [2.75, 3.05) is 0 Å². The quantitative estimate of drug-likeness (QED) is 0.601. The molecular weight excluding hydrogens is 300 g/mol. The van der Waals surface area contributed by atoms with Crippen LogP contribution in [0.2, 0.25) is 0 Å². The van der Waals surface area contributed by atoms with E-state index in [-0.39, 0.29) is 22.6 Å². The van der Waals surface area contributed by atoms with Gasteiger partial charge in [0.05, 0.1) is 16.9 Å². The maximum atomic E-state index is 12.6. The largest absolute Gasteiger partial charge is 0.508 e. The lowest BCUT2D eigenvalue weighted by Crippen LogP contribution is -2.29. The van der Waals surface area contributed by atoms with Crippen LogP contribution in [-0.2, 0) is 6.18 Å². The molecule has 0 heterocycles. The standard InChI is InChI=1S/C13H10BF3N2O3/c15-13(16,17)8-2-1-3-9(6-8)18-19-10-4-5-12(20)11(7-10)14(21)22/h1-7,20-22H. The molecule has 0 saturated carbocycles. The van der Waals surface area contributed by atoms with Crippen LogP contribution in [0.15, 0.2) is 52.7 Å². The maximum Gasteiger partial charge on any atom is 0.492 e. The van der Waals surface area contributed by atoms with Gasteiger partial charge >= 0.3 is 13.3 Å². The molecule has 0 radical (unpaired) electrons. The molecule has 114 valence electrons. The zero-order valence-electron chi connectivity index (χ0n) is 11.0. The van der Waals surface area contributed by atoms with Crippen LogP contribution in [0, 0.1) is 0 Å². The molecule has 0 amide bonds. The van der Waals surface area contributed by atoms with Gasteiger partial charge in [0, 0.05) is 5.46 Å². The highest BCUT2D eigenvalue weighted by atomic mass is 19.4. The third-order valence-electron chi connectivity index (χ3n) is 2.74. The molecule has 0 atom stereocenters. The Morgan fingerprint density at radius 3 is 2.14 bits per heavy atom. The minimum absolute atomic E-state index is 0.00556. The fourth-order valence-corrected chi connectivity index (χ4v) is 1.67. The number of phenolic OH excluding ortho intramolecular Hbond substituents is 1. The Balaban J connectivity index is 2.28. The molecule has 22 heavy (non-hydrogen) atoms. The van der Waals surface area contributed by atoms with E-state index < -0.39 is 18.9 Å². The lowest BCUT2D eigenvalue weighted by molar-refractivity contribution is -0.137. The van der Waals surface area contributed by atoms with Gasteiger partial charge in [-0.25, -0.2) is 0 Å². The third-order valence-corrected chi connectivity index (χ3v) is 2.74. The molecule has 0 aliphatic heterocycles. The second-order valence-electron chi connectivity index (χ2n) is 4.36. The van der Waals surface area contributed by atoms with Gasteiger partial charge in [-0.1, -0.05) is 6.07 Å². The number of halogens is 3. The summed E-state index contributed by atoms with van der Waals surface area (Å²) in [6.45, 7) is 0. The van der Waals surface area contributed by atoms with Gasteiger partial charge in [0.1, 0.15) is 5.75 Å². The predicted octanol–water partition coefficient (Wildman–Crippen LogP) is 2.51. The maximum absolute atomic E-state index is 12.6. The number of phenols is 1. The molecule has 9 heteroatoms. The second-order valence-corrected chi connectivity index (χ2v) is 4.36. The molecule has 2 aromatic rings. The summed E-state index contributed by atoms with van der Waals surface area (Å²) in [6.07, 6.45) is -4.47. The molecule has 5 nitrogen and oxygen atoms in total. The number of alkyl halides is 3. The van der Waals surface area contributed by atoms with E-state index >= 15 is 0 Å². The molecule has 3 N–H and O–H groups in total. The molecule has 0 aliphatic carbocycles. The molecule has 0 unspecified atom stereocenters. The summed E-state index contributed by atoms with van der Waals surface area (Å²) in [4.78, 5) is 0. The molecule has 2 aromatic carbocycles. The van der Waals surface area contributed by atoms with Crippen molar-refractivity contribution in [2.45, 2.75) is 6.18 Å². The smallest absolute Gasteiger partial charge is 0.492 e. The Morgan fingerprint density at radius 2 is 1.55 bits per heavy atom. The van der Waals surface area contributed by atoms with E-state index in [4.69, 9.17) is 10.0 Å². The van der Waals surface area contributed by atoms with Crippen LogP contribution < -0.4 is 5.46 Å². The van der Waals surface area contributed by atoms with Crippen LogP contribution in [-0.4, -0.2) is 22.3 Å². The van der Waals surface area contributed by atoms with Gasteiger partial charge in [-0.15, -0.1) is 0 Å². The summed E-state index contributed by atoms with van der Waals surface area (Å²) in [5.41, 5.74) is -0.881. The van der Waals surface area contributed by atoms with Crippen LogP contribution in [0.25, 0.3) is 0 Å². The summed E-state index contributed by atoms with van der Waals surface area (Å²) in [5.74, 6) is -0.340. The lowest BCUT2D eigenvalue weighted by Gasteiger charge is -2.06. The van der Waals surface area contributed by atoms with E-state index in [0.717, 1.165) is 18.2 Å². The first kappa shape index (κ1) is 16.0. The monoisotopic (exact) mass is 310 g/mol. The fourth-order valence-electron chi connectivity index (χ4n) is 1.67. The highest BCUT2D eigenvalue weighted by molar-refractivity contribution is 6.59. The van der Waals surface area contributed by atoms with Gasteiger partial charge in [0.15, 0.2) is 0 Å². The normalized spacial score (nSPS) is 11.9. The summed E-state index contributed by atoms with van der Waals surface area (Å²) in [6, 6.07) is 7.98. The number of benzene rings is 2. The van der Waals surface area contributed by atoms with Crippen molar-refractivity contribution < 1.29 is 28.3 Å². The van der Waals surface area contributed by atoms with Gasteiger partial charge in [-0.2, -0.15) is 23.4 Å². The van der Waals surface area contributed by atoms with Crippen molar-refractivity contribution in [1.29, 1.82) is 0 Å². The van der Waals surface area contributed by atoms with E-state index in [1.807, 2.05) is 0 Å². The van der Waals surface area contributed by atoms with Gasteiger partial charge in [0.2, 0.25) is 0 Å². The minimum Gasteiger partial charge on any atom is -0.508 e. The number of hydrogen-bond donors (Lipinski definition) is 3. The van der Waals surface area contributed by atoms with Crippen molar-refractivity contribution in [3.05, 3.63) is 48.0 Å². The molecule has 0 saturated heterocycles. The third kappa shape index (κ3) is 3.83. The zero-order chi connectivity index (χ0) is 16.3. The van der Waals surface area contributed by atoms with Crippen LogP contribution >= 0.6 is 0 Å². The van der Waals surface area contributed by atoms with E-state index in [1.54, 1.807) is 0 Å². The van der Waals surface area contributed by atoms with Crippen molar-refractivity contribution in [3.63, 3.8) is 0 Å². The van der Waals surface area contributed by atoms with Crippen molar-refractivity contribution in [3.8, 4) is 5.75 Å². The highest BCUT2D eigenvalue weighted by Crippen LogP contribution is 2.31. The van der Waals surface area contributed by atoms with E-state index in [9.17, 15) is 18.3 Å². The Labute approximate surface area is 123 Å². The molecule has 0 spiro atoms. The first-order chi connectivity index (χ1) is 10.3. The van der Waals surface area contributed by atoms with Crippen molar-refractivity contribution >= 4 is 24.0 Å². The first-order valence-electron chi connectivity index (χ1n) is 6.05. The number of rotatable bonds is 3. The SMILES string of the molecule is OB(O)c1cc(N=Nc2cccc(C(F)(F)F)c2)ccc1O. The van der Waals surface area contributed by atoms with Crippen molar-refractivity contribution in [1.82, 2.24) is 0 Å². The number of hydrogen-bond acceptors (Lipinski definition) is 5. The van der Waals surface area contributed by atoms with Crippen LogP contribution in [0.4, 0.5) is 24.5 Å². The summed E-state index contributed by atoms with van der Waals surface area (Å²) in [5, 5.41) is 34.8. The fraction of sp³-hybridized carbons (Fsp3) is 0.0769. The minimum atomic E-state index is -4.47. The predicted molar refractivity (Wildman–Crippen MR) is 73.6 cm³/mol. The molecule has 0 fully saturated rings. The van der Waals surface area contributed by atoms with E-state index in [0.29, 0.717) is 0 Å². The summed E-state index contributed by atoms with van der Waals surface area (Å²) < 4.78 is 37.7. The Morgan fingerprint density at radius 1 is 0.909 bits per heavy atom. The van der Waals surface area contributed by atoms with Gasteiger partial charge < -0.3 is 15.2 Å². The Bertz CT molecular complexity index is 705. The zero-order valence-corrected chi connectivity index (χ0v) is 11.0. The van der Waals surface area contributed by atoms with Crippen LogP contribution in [0.3, 0.4) is 0 Å². The Kier molecular flexibility index (Phi) is 4.48. The molecule has 0 aliphatic rings. The average Bonchev–Trinajstić information content (AvgIpc) is 2.45. The van der Waals surface area contributed by atoms with Crippen LogP contribution in [0.1, 0.15) is 5.56 Å². The Hall–Kier alpha value is -2.39. The van der Waals surface area contributed by atoms with Gasteiger partial charge in [0.25, 0.3) is 0 Å². The first-order valence-corrected chi connectivity index (χ1v) is 6.05. The van der Waals surface area contributed by atoms with E-state index in [1.165, 1.54) is 24.3 Å². The number of azo groups is 1. The molecule has 0 aromatic heterocycles. The van der Waals surface area contributed by atoms with Gasteiger partial charge in [-0.3, -0.25) is 0 Å². The number of aromatic hydroxyl groups is 1. The second kappa shape index (κ2) is 6.16. The number of nitrogens with zero attached hydrogens (tertiary/aromatic N) is 2. The topological polar surface area (TPSA) is 85.4 Å². The van der Waals surface area contributed by atoms with Crippen LogP contribution in [0.5, 0.6) is 5.75 Å². The van der Waals surface area contributed by atoms with Gasteiger partial charge in [-0.05, 0) is 36.4 Å². The lowest BCUT2D eigenvalue weighted by atomic mass is 9.79. The molecule has 0 bridgehead atoms. The highest BCUT2D eigenvalue weighted by Gasteiger charge is 2.30. The van der Waals surface area contributed by atoms with Crippen molar-refractivity contribution in [2.24, 2.45) is 10.2 Å². The van der Waals surface area contributed by atoms with E-state index in [2.05, 4.69) is 10.2 Å². The summed E-state index contributed by atoms with van der Waals surface area (Å²) >= 11 is 0. The summed E-state index contributed by atoms with van der Waals surface area (Å²) in [7, 11) is -1.90. The molecular formula is C13H10BF3N2O3.